The van der Waals surface area contributed by atoms with Gasteiger partial charge in [-0.05, 0) is 11.6 Å². The maximum absolute atomic E-state index is 5.59. The molecule has 2 N–H and O–H groups in total. The molecule has 0 amide bonds. The van der Waals surface area contributed by atoms with E-state index in [-0.39, 0.29) is 0 Å². The lowest BCUT2D eigenvalue weighted by atomic mass is 10.1. The minimum atomic E-state index is 0.487. The summed E-state index contributed by atoms with van der Waals surface area (Å²) in [5.41, 5.74) is 7.80. The average Bonchev–Trinajstić information content (AvgIpc) is 2.84. The molecule has 0 aliphatic carbocycles. The second-order valence-corrected chi connectivity index (χ2v) is 4.35. The molecular formula is C10H9N3OS. The highest BCUT2D eigenvalue weighted by Crippen LogP contribution is 2.38. The lowest BCUT2D eigenvalue weighted by molar-refractivity contribution is 0.358. The van der Waals surface area contributed by atoms with Gasteiger partial charge in [-0.15, -0.1) is 10.2 Å². The Morgan fingerprint density at radius 1 is 1.33 bits per heavy atom. The van der Waals surface area contributed by atoms with E-state index >= 15 is 0 Å². The summed E-state index contributed by atoms with van der Waals surface area (Å²) < 4.78 is 5.59. The van der Waals surface area contributed by atoms with Gasteiger partial charge in [0.1, 0.15) is 5.75 Å². The molecular weight excluding hydrogens is 210 g/mol. The highest BCUT2D eigenvalue weighted by molar-refractivity contribution is 7.18. The molecule has 0 saturated heterocycles. The zero-order valence-electron chi connectivity index (χ0n) is 7.93. The van der Waals surface area contributed by atoms with Crippen LogP contribution in [0.15, 0.2) is 18.2 Å². The van der Waals surface area contributed by atoms with Gasteiger partial charge in [0, 0.05) is 6.42 Å². The standard InChI is InChI=1S/C10H9N3OS/c11-10-13-12-9(15-10)7-3-1-2-6-4-5-14-8(6)7/h1-3H,4-5H2,(H2,11,13). The number of nitrogens with zero attached hydrogens (tertiary/aromatic N) is 2. The van der Waals surface area contributed by atoms with Gasteiger partial charge >= 0.3 is 0 Å². The molecule has 1 aliphatic rings. The van der Waals surface area contributed by atoms with Crippen LogP contribution in [0.4, 0.5) is 5.13 Å². The fraction of sp³-hybridized carbons (Fsp3) is 0.200. The number of nitrogen functional groups attached to an aromatic ring is 1. The fourth-order valence-corrected chi connectivity index (χ4v) is 2.36. The first-order valence-corrected chi connectivity index (χ1v) is 5.50. The number of hydrogen-bond donors (Lipinski definition) is 1. The Labute approximate surface area is 90.7 Å². The van der Waals surface area contributed by atoms with Crippen LogP contribution in [-0.2, 0) is 6.42 Å². The van der Waals surface area contributed by atoms with E-state index < -0.39 is 0 Å². The van der Waals surface area contributed by atoms with E-state index in [0.29, 0.717) is 5.13 Å². The average molecular weight is 219 g/mol. The number of nitrogens with two attached hydrogens (primary N) is 1. The summed E-state index contributed by atoms with van der Waals surface area (Å²) in [6.07, 6.45) is 0.970. The predicted molar refractivity (Wildman–Crippen MR) is 59.0 cm³/mol. The molecule has 0 saturated carbocycles. The van der Waals surface area contributed by atoms with Crippen molar-refractivity contribution in [2.75, 3.05) is 12.3 Å². The molecule has 0 spiro atoms. The highest BCUT2D eigenvalue weighted by Gasteiger charge is 2.18. The Bertz CT molecular complexity index is 509. The van der Waals surface area contributed by atoms with Crippen molar-refractivity contribution in [1.29, 1.82) is 0 Å². The molecule has 2 aromatic rings. The molecule has 0 fully saturated rings. The molecule has 0 bridgehead atoms. The van der Waals surface area contributed by atoms with Gasteiger partial charge in [-0.3, -0.25) is 0 Å². The number of benzene rings is 1. The van der Waals surface area contributed by atoms with Gasteiger partial charge in [-0.2, -0.15) is 0 Å². The normalized spacial score (nSPS) is 13.6. The third kappa shape index (κ3) is 1.35. The van der Waals surface area contributed by atoms with Crippen molar-refractivity contribution in [3.8, 4) is 16.3 Å². The van der Waals surface area contributed by atoms with E-state index in [2.05, 4.69) is 16.3 Å². The molecule has 1 aromatic heterocycles. The number of para-hydroxylation sites is 1. The van der Waals surface area contributed by atoms with Crippen molar-refractivity contribution in [2.24, 2.45) is 0 Å². The molecule has 0 atom stereocenters. The molecule has 2 heterocycles. The molecule has 0 unspecified atom stereocenters. The Morgan fingerprint density at radius 3 is 3.07 bits per heavy atom. The number of fused-ring (bicyclic) bond motifs is 1. The number of ether oxygens (including phenoxy) is 1. The molecule has 0 radical (unpaired) electrons. The van der Waals surface area contributed by atoms with Crippen molar-refractivity contribution in [3.63, 3.8) is 0 Å². The summed E-state index contributed by atoms with van der Waals surface area (Å²) >= 11 is 1.38. The Hall–Kier alpha value is -1.62. The minimum Gasteiger partial charge on any atom is -0.492 e. The van der Waals surface area contributed by atoms with E-state index in [4.69, 9.17) is 10.5 Å². The van der Waals surface area contributed by atoms with E-state index in [9.17, 15) is 0 Å². The Kier molecular flexibility index (Phi) is 1.85. The first-order valence-electron chi connectivity index (χ1n) is 4.68. The van der Waals surface area contributed by atoms with Gasteiger partial charge in [0.15, 0.2) is 5.01 Å². The largest absolute Gasteiger partial charge is 0.492 e. The first-order chi connectivity index (χ1) is 7.34. The van der Waals surface area contributed by atoms with E-state index in [1.54, 1.807) is 0 Å². The SMILES string of the molecule is Nc1nnc(-c2cccc3c2OCC3)s1. The van der Waals surface area contributed by atoms with Gasteiger partial charge in [-0.25, -0.2) is 0 Å². The van der Waals surface area contributed by atoms with Crippen molar-refractivity contribution >= 4 is 16.5 Å². The number of anilines is 1. The smallest absolute Gasteiger partial charge is 0.203 e. The summed E-state index contributed by atoms with van der Waals surface area (Å²) in [4.78, 5) is 0. The first kappa shape index (κ1) is 8.67. The van der Waals surface area contributed by atoms with Gasteiger partial charge in [0.2, 0.25) is 5.13 Å². The number of rotatable bonds is 1. The third-order valence-electron chi connectivity index (χ3n) is 2.39. The van der Waals surface area contributed by atoms with Crippen LogP contribution in [0.3, 0.4) is 0 Å². The summed E-state index contributed by atoms with van der Waals surface area (Å²) in [5.74, 6) is 0.939. The van der Waals surface area contributed by atoms with Gasteiger partial charge in [-0.1, -0.05) is 23.5 Å². The van der Waals surface area contributed by atoms with E-state index in [0.717, 1.165) is 29.3 Å². The third-order valence-corrected chi connectivity index (χ3v) is 3.17. The Balaban J connectivity index is 2.16. The lowest BCUT2D eigenvalue weighted by Crippen LogP contribution is -1.88. The zero-order valence-corrected chi connectivity index (χ0v) is 8.75. The molecule has 1 aliphatic heterocycles. The monoisotopic (exact) mass is 219 g/mol. The zero-order chi connectivity index (χ0) is 10.3. The van der Waals surface area contributed by atoms with Crippen molar-refractivity contribution in [3.05, 3.63) is 23.8 Å². The molecule has 4 nitrogen and oxygen atoms in total. The van der Waals surface area contributed by atoms with Crippen LogP contribution in [-0.4, -0.2) is 16.8 Å². The number of aromatic nitrogens is 2. The van der Waals surface area contributed by atoms with E-state index in [1.165, 1.54) is 16.9 Å². The summed E-state index contributed by atoms with van der Waals surface area (Å²) in [6.45, 7) is 0.751. The van der Waals surface area contributed by atoms with Gasteiger partial charge in [0.05, 0.1) is 12.2 Å². The molecule has 76 valence electrons. The van der Waals surface area contributed by atoms with Crippen molar-refractivity contribution in [1.82, 2.24) is 10.2 Å². The topological polar surface area (TPSA) is 61.0 Å². The van der Waals surface area contributed by atoms with Crippen LogP contribution < -0.4 is 10.5 Å². The van der Waals surface area contributed by atoms with Crippen LogP contribution in [0.25, 0.3) is 10.6 Å². The van der Waals surface area contributed by atoms with Gasteiger partial charge < -0.3 is 10.5 Å². The van der Waals surface area contributed by atoms with Crippen molar-refractivity contribution in [2.45, 2.75) is 6.42 Å². The fourth-order valence-electron chi connectivity index (χ4n) is 1.73. The predicted octanol–water partition coefficient (Wildman–Crippen LogP) is 1.72. The second kappa shape index (κ2) is 3.20. The highest BCUT2D eigenvalue weighted by atomic mass is 32.1. The summed E-state index contributed by atoms with van der Waals surface area (Å²) in [7, 11) is 0. The maximum Gasteiger partial charge on any atom is 0.203 e. The quantitative estimate of drug-likeness (QED) is 0.793. The van der Waals surface area contributed by atoms with Crippen LogP contribution in [0.2, 0.25) is 0 Å². The van der Waals surface area contributed by atoms with E-state index in [1.807, 2.05) is 12.1 Å². The molecule has 3 rings (SSSR count). The molecule has 1 aromatic carbocycles. The van der Waals surface area contributed by atoms with Gasteiger partial charge in [0.25, 0.3) is 0 Å². The van der Waals surface area contributed by atoms with Crippen LogP contribution in [0.1, 0.15) is 5.56 Å². The van der Waals surface area contributed by atoms with Crippen LogP contribution >= 0.6 is 11.3 Å². The van der Waals surface area contributed by atoms with Crippen LogP contribution in [0.5, 0.6) is 5.75 Å². The minimum absolute atomic E-state index is 0.487. The molecule has 5 heteroatoms. The lowest BCUT2D eigenvalue weighted by Gasteiger charge is -2.03. The van der Waals surface area contributed by atoms with Crippen molar-refractivity contribution < 1.29 is 4.74 Å². The Morgan fingerprint density at radius 2 is 2.27 bits per heavy atom. The molecule has 15 heavy (non-hydrogen) atoms. The second-order valence-electron chi connectivity index (χ2n) is 3.34. The maximum atomic E-state index is 5.59. The summed E-state index contributed by atoms with van der Waals surface area (Å²) in [5, 5.41) is 9.15. The van der Waals surface area contributed by atoms with Crippen LogP contribution in [0, 0.1) is 0 Å². The number of hydrogen-bond acceptors (Lipinski definition) is 5. The summed E-state index contributed by atoms with van der Waals surface area (Å²) in [6, 6.07) is 6.08.